The quantitative estimate of drug-likeness (QED) is 0.475. The zero-order valence-electron chi connectivity index (χ0n) is 11.9. The molecular formula is C15H19ClN2O2. The largest absolute Gasteiger partial charge is 0.324 e. The number of rotatable bonds is 5. The fourth-order valence-corrected chi connectivity index (χ4v) is 2.61. The van der Waals surface area contributed by atoms with Crippen LogP contribution in [0.4, 0.5) is 10.5 Å². The van der Waals surface area contributed by atoms with Gasteiger partial charge in [-0.25, -0.2) is 4.79 Å². The number of carbonyl (C=O) groups excluding carboxylic acids is 2. The second-order valence-electron chi connectivity index (χ2n) is 5.11. The summed E-state index contributed by atoms with van der Waals surface area (Å²) in [7, 11) is 3.51. The number of unbranched alkanes of at least 4 members (excludes halogenated alkanes) is 1. The highest BCUT2D eigenvalue weighted by atomic mass is 35.5. The number of carbonyl (C=O) groups is 2. The van der Waals surface area contributed by atoms with Crippen LogP contribution in [-0.4, -0.2) is 36.7 Å². The summed E-state index contributed by atoms with van der Waals surface area (Å²) >= 11 is 5.62. The molecule has 0 saturated heterocycles. The summed E-state index contributed by atoms with van der Waals surface area (Å²) in [5, 5.41) is 0. The van der Waals surface area contributed by atoms with Crippen LogP contribution in [-0.2, 0) is 6.54 Å². The van der Waals surface area contributed by atoms with E-state index in [1.165, 1.54) is 0 Å². The molecule has 5 heteroatoms. The zero-order chi connectivity index (χ0) is 14.7. The van der Waals surface area contributed by atoms with Gasteiger partial charge in [-0.3, -0.25) is 9.69 Å². The molecule has 2 amide bonds. The Labute approximate surface area is 124 Å². The first-order valence-electron chi connectivity index (χ1n) is 6.75. The van der Waals surface area contributed by atoms with Gasteiger partial charge in [-0.05, 0) is 36.6 Å². The van der Waals surface area contributed by atoms with Gasteiger partial charge in [0.2, 0.25) is 0 Å². The molecule has 2 rings (SSSR count). The minimum atomic E-state index is -0.0290. The third kappa shape index (κ3) is 2.96. The molecular weight excluding hydrogens is 276 g/mol. The van der Waals surface area contributed by atoms with Crippen LogP contribution in [0.1, 0.15) is 35.2 Å². The van der Waals surface area contributed by atoms with Crippen molar-refractivity contribution >= 4 is 29.1 Å². The highest BCUT2D eigenvalue weighted by Crippen LogP contribution is 2.28. The maximum Gasteiger partial charge on any atom is 0.324 e. The third-order valence-corrected chi connectivity index (χ3v) is 3.84. The maximum atomic E-state index is 12.1. The summed E-state index contributed by atoms with van der Waals surface area (Å²) in [6, 6.07) is 5.53. The molecule has 0 N–H and O–H groups in total. The first-order chi connectivity index (χ1) is 9.54. The highest BCUT2D eigenvalue weighted by Gasteiger charge is 2.25. The number of Topliss-reactive ketones (excluding diaryl/α,β-unsaturated/α-hetero) is 1. The standard InChI is InChI=1S/C15H19ClN2O2/c1-17-10-12-9-11(14(19)5-3-4-8-16)6-7-13(12)18(2)15(17)20/h6-7,9H,3-5,8,10H2,1-2H3. The first-order valence-corrected chi connectivity index (χ1v) is 7.29. The number of hydrogen-bond acceptors (Lipinski definition) is 2. The lowest BCUT2D eigenvalue weighted by Crippen LogP contribution is -2.42. The summed E-state index contributed by atoms with van der Waals surface area (Å²) < 4.78 is 0. The minimum Gasteiger partial charge on any atom is -0.323 e. The van der Waals surface area contributed by atoms with E-state index in [2.05, 4.69) is 0 Å². The Hall–Kier alpha value is -1.55. The van der Waals surface area contributed by atoms with E-state index in [0.717, 1.165) is 29.7 Å². The zero-order valence-corrected chi connectivity index (χ0v) is 12.6. The van der Waals surface area contributed by atoms with E-state index in [4.69, 9.17) is 11.6 Å². The summed E-state index contributed by atoms with van der Waals surface area (Å²) in [5.41, 5.74) is 2.61. The Bertz CT molecular complexity index is 531. The van der Waals surface area contributed by atoms with Gasteiger partial charge in [0.1, 0.15) is 0 Å². The molecule has 0 spiro atoms. The van der Waals surface area contributed by atoms with E-state index < -0.39 is 0 Å². The maximum absolute atomic E-state index is 12.1. The van der Waals surface area contributed by atoms with Crippen molar-refractivity contribution in [1.82, 2.24) is 4.90 Å². The average molecular weight is 295 g/mol. The second-order valence-corrected chi connectivity index (χ2v) is 5.49. The number of nitrogens with zero attached hydrogens (tertiary/aromatic N) is 2. The van der Waals surface area contributed by atoms with E-state index in [0.29, 0.717) is 18.8 Å². The van der Waals surface area contributed by atoms with E-state index in [1.807, 2.05) is 12.1 Å². The van der Waals surface area contributed by atoms with Gasteiger partial charge >= 0.3 is 6.03 Å². The SMILES string of the molecule is CN1Cc2cc(C(=O)CCCCCl)ccc2N(C)C1=O. The van der Waals surface area contributed by atoms with Crippen LogP contribution in [0.25, 0.3) is 0 Å². The van der Waals surface area contributed by atoms with Gasteiger partial charge in [0.15, 0.2) is 5.78 Å². The summed E-state index contributed by atoms with van der Waals surface area (Å²) in [6.45, 7) is 0.543. The van der Waals surface area contributed by atoms with Crippen molar-refractivity contribution in [2.45, 2.75) is 25.8 Å². The van der Waals surface area contributed by atoms with Crippen molar-refractivity contribution in [1.29, 1.82) is 0 Å². The Kier molecular flexibility index (Phi) is 4.65. The van der Waals surface area contributed by atoms with Crippen molar-refractivity contribution in [3.63, 3.8) is 0 Å². The van der Waals surface area contributed by atoms with Gasteiger partial charge in [0, 0.05) is 38.5 Å². The number of urea groups is 1. The molecule has 0 saturated carbocycles. The predicted molar refractivity (Wildman–Crippen MR) is 80.6 cm³/mol. The molecule has 0 radical (unpaired) electrons. The Balaban J connectivity index is 2.18. The first kappa shape index (κ1) is 14.9. The normalized spacial score (nSPS) is 14.4. The van der Waals surface area contributed by atoms with Gasteiger partial charge in [-0.15, -0.1) is 11.6 Å². The van der Waals surface area contributed by atoms with Gasteiger partial charge in [-0.2, -0.15) is 0 Å². The molecule has 1 aliphatic rings. The summed E-state index contributed by atoms with van der Waals surface area (Å²) in [6.07, 6.45) is 2.20. The second kappa shape index (κ2) is 6.27. The lowest BCUT2D eigenvalue weighted by Gasteiger charge is -2.32. The highest BCUT2D eigenvalue weighted by molar-refractivity contribution is 6.17. The lowest BCUT2D eigenvalue weighted by atomic mass is 10.0. The fraction of sp³-hybridized carbons (Fsp3) is 0.467. The fourth-order valence-electron chi connectivity index (χ4n) is 2.42. The molecule has 0 fully saturated rings. The smallest absolute Gasteiger partial charge is 0.323 e. The topological polar surface area (TPSA) is 40.6 Å². The number of alkyl halides is 1. The molecule has 1 aliphatic heterocycles. The van der Waals surface area contributed by atoms with Crippen LogP contribution in [0.3, 0.4) is 0 Å². The number of fused-ring (bicyclic) bond motifs is 1. The molecule has 0 aromatic heterocycles. The predicted octanol–water partition coefficient (Wildman–Crippen LogP) is 3.28. The van der Waals surface area contributed by atoms with Gasteiger partial charge in [0.05, 0.1) is 5.69 Å². The van der Waals surface area contributed by atoms with E-state index in [9.17, 15) is 9.59 Å². The number of halogens is 1. The van der Waals surface area contributed by atoms with E-state index in [-0.39, 0.29) is 11.8 Å². The van der Waals surface area contributed by atoms with Crippen molar-refractivity contribution in [2.24, 2.45) is 0 Å². The van der Waals surface area contributed by atoms with Crippen LogP contribution in [0.2, 0.25) is 0 Å². The molecule has 1 aromatic carbocycles. The van der Waals surface area contributed by atoms with E-state index >= 15 is 0 Å². The van der Waals surface area contributed by atoms with Crippen LogP contribution >= 0.6 is 11.6 Å². The third-order valence-electron chi connectivity index (χ3n) is 3.57. The molecule has 108 valence electrons. The van der Waals surface area contributed by atoms with Gasteiger partial charge < -0.3 is 4.90 Å². The van der Waals surface area contributed by atoms with Crippen LogP contribution in [0.15, 0.2) is 18.2 Å². The summed E-state index contributed by atoms with van der Waals surface area (Å²) in [4.78, 5) is 27.2. The Morgan fingerprint density at radius 2 is 2.05 bits per heavy atom. The molecule has 20 heavy (non-hydrogen) atoms. The molecule has 0 bridgehead atoms. The molecule has 1 aromatic rings. The average Bonchev–Trinajstić information content (AvgIpc) is 2.44. The summed E-state index contributed by atoms with van der Waals surface area (Å²) in [5.74, 6) is 0.731. The molecule has 0 aliphatic carbocycles. The number of hydrogen-bond donors (Lipinski definition) is 0. The monoisotopic (exact) mass is 294 g/mol. The van der Waals surface area contributed by atoms with Crippen molar-refractivity contribution < 1.29 is 9.59 Å². The van der Waals surface area contributed by atoms with E-state index in [1.54, 1.807) is 30.0 Å². The molecule has 0 atom stereocenters. The lowest BCUT2D eigenvalue weighted by molar-refractivity contribution is 0.0980. The number of amides is 2. The number of ketones is 1. The van der Waals surface area contributed by atoms with Crippen LogP contribution in [0.5, 0.6) is 0 Å². The van der Waals surface area contributed by atoms with Crippen LogP contribution in [0, 0.1) is 0 Å². The Morgan fingerprint density at radius 3 is 2.75 bits per heavy atom. The van der Waals surface area contributed by atoms with Crippen molar-refractivity contribution in [3.05, 3.63) is 29.3 Å². The molecule has 0 unspecified atom stereocenters. The minimum absolute atomic E-state index is 0.0290. The van der Waals surface area contributed by atoms with Gasteiger partial charge in [-0.1, -0.05) is 0 Å². The van der Waals surface area contributed by atoms with Crippen molar-refractivity contribution in [2.75, 3.05) is 24.9 Å². The Morgan fingerprint density at radius 1 is 1.30 bits per heavy atom. The van der Waals surface area contributed by atoms with Crippen molar-refractivity contribution in [3.8, 4) is 0 Å². The molecule has 1 heterocycles. The number of benzene rings is 1. The van der Waals surface area contributed by atoms with Gasteiger partial charge in [0.25, 0.3) is 0 Å². The van der Waals surface area contributed by atoms with Crippen LogP contribution < -0.4 is 4.90 Å². The molecule has 4 nitrogen and oxygen atoms in total. The number of anilines is 1.